The number of nitrogens with zero attached hydrogens (tertiary/aromatic N) is 6. The molecule has 0 unspecified atom stereocenters. The van der Waals surface area contributed by atoms with Gasteiger partial charge in [0.05, 0.1) is 23.8 Å². The molecule has 0 atom stereocenters. The SMILES string of the molecule is CN1CCC(N2CCC(C(=O)Cc3cc4cc(-c5cnn(C)c5)ccc4nn3)CC2)CC1. The first-order valence-corrected chi connectivity index (χ1v) is 11.8. The molecule has 5 rings (SSSR count). The summed E-state index contributed by atoms with van der Waals surface area (Å²) in [6.07, 6.45) is 8.68. The third kappa shape index (κ3) is 4.59. The van der Waals surface area contributed by atoms with Crippen molar-refractivity contribution in [2.75, 3.05) is 33.2 Å². The first-order chi connectivity index (χ1) is 15.5. The van der Waals surface area contributed by atoms with Gasteiger partial charge in [-0.3, -0.25) is 9.48 Å². The highest BCUT2D eigenvalue weighted by atomic mass is 16.1. The fourth-order valence-corrected chi connectivity index (χ4v) is 5.19. The number of piperidine rings is 2. The molecule has 168 valence electrons. The van der Waals surface area contributed by atoms with Gasteiger partial charge in [-0.1, -0.05) is 6.07 Å². The minimum Gasteiger partial charge on any atom is -0.306 e. The fraction of sp³-hybridized carbons (Fsp3) is 0.520. The summed E-state index contributed by atoms with van der Waals surface area (Å²) in [5, 5.41) is 14.0. The van der Waals surface area contributed by atoms with Crippen LogP contribution in [0.4, 0.5) is 0 Å². The second kappa shape index (κ2) is 9.08. The summed E-state index contributed by atoms with van der Waals surface area (Å²) in [5.74, 6) is 0.460. The van der Waals surface area contributed by atoms with Crippen LogP contribution < -0.4 is 0 Å². The van der Waals surface area contributed by atoms with E-state index in [9.17, 15) is 4.79 Å². The van der Waals surface area contributed by atoms with Crippen LogP contribution in [0.2, 0.25) is 0 Å². The number of carbonyl (C=O) groups excluding carboxylic acids is 1. The van der Waals surface area contributed by atoms with Crippen molar-refractivity contribution in [3.8, 4) is 11.1 Å². The first-order valence-electron chi connectivity index (χ1n) is 11.8. The lowest BCUT2D eigenvalue weighted by molar-refractivity contribution is -0.124. The highest BCUT2D eigenvalue weighted by molar-refractivity contribution is 5.86. The monoisotopic (exact) mass is 432 g/mol. The molecule has 1 aromatic carbocycles. The highest BCUT2D eigenvalue weighted by Crippen LogP contribution is 2.26. The molecule has 7 nitrogen and oxygen atoms in total. The second-order valence-corrected chi connectivity index (χ2v) is 9.50. The lowest BCUT2D eigenvalue weighted by Gasteiger charge is -2.40. The van der Waals surface area contributed by atoms with E-state index in [0.29, 0.717) is 18.2 Å². The summed E-state index contributed by atoms with van der Waals surface area (Å²) in [7, 11) is 4.12. The van der Waals surface area contributed by atoms with Crippen molar-refractivity contribution >= 4 is 16.7 Å². The zero-order valence-electron chi connectivity index (χ0n) is 19.1. The Kier molecular flexibility index (Phi) is 6.02. The molecule has 3 aromatic rings. The Labute approximate surface area is 189 Å². The molecule has 0 aliphatic carbocycles. The topological polar surface area (TPSA) is 67.2 Å². The van der Waals surface area contributed by atoms with Crippen LogP contribution in [0.15, 0.2) is 36.7 Å². The zero-order valence-corrected chi connectivity index (χ0v) is 19.1. The van der Waals surface area contributed by atoms with Crippen LogP contribution in [0.1, 0.15) is 31.4 Å². The van der Waals surface area contributed by atoms with Gasteiger partial charge < -0.3 is 9.80 Å². The second-order valence-electron chi connectivity index (χ2n) is 9.50. The van der Waals surface area contributed by atoms with Gasteiger partial charge in [-0.05, 0) is 82.7 Å². The number of ketones is 1. The molecule has 32 heavy (non-hydrogen) atoms. The first kappa shape index (κ1) is 21.2. The van der Waals surface area contributed by atoms with Gasteiger partial charge in [0.15, 0.2) is 0 Å². The van der Waals surface area contributed by atoms with Gasteiger partial charge in [0.25, 0.3) is 0 Å². The van der Waals surface area contributed by atoms with Crippen molar-refractivity contribution in [1.29, 1.82) is 0 Å². The maximum atomic E-state index is 13.0. The number of carbonyl (C=O) groups is 1. The average molecular weight is 433 g/mol. The number of likely N-dealkylation sites (tertiary alicyclic amines) is 2. The Morgan fingerprint density at radius 1 is 0.969 bits per heavy atom. The molecule has 7 heteroatoms. The number of aromatic nitrogens is 4. The van der Waals surface area contributed by atoms with Gasteiger partial charge in [-0.15, -0.1) is 0 Å². The van der Waals surface area contributed by atoms with E-state index in [0.717, 1.165) is 53.7 Å². The quantitative estimate of drug-likeness (QED) is 0.618. The van der Waals surface area contributed by atoms with E-state index >= 15 is 0 Å². The lowest BCUT2D eigenvalue weighted by atomic mass is 9.88. The van der Waals surface area contributed by atoms with Crippen molar-refractivity contribution in [3.63, 3.8) is 0 Å². The zero-order chi connectivity index (χ0) is 22.1. The molecule has 2 aliphatic heterocycles. The molecule has 4 heterocycles. The molecule has 2 aliphatic rings. The van der Waals surface area contributed by atoms with Gasteiger partial charge in [-0.25, -0.2) is 0 Å². The van der Waals surface area contributed by atoms with Crippen LogP contribution in [-0.4, -0.2) is 74.8 Å². The Morgan fingerprint density at radius 3 is 2.47 bits per heavy atom. The van der Waals surface area contributed by atoms with E-state index in [1.165, 1.54) is 25.9 Å². The van der Waals surface area contributed by atoms with Crippen LogP contribution in [0.5, 0.6) is 0 Å². The van der Waals surface area contributed by atoms with Crippen molar-refractivity contribution in [1.82, 2.24) is 29.8 Å². The largest absolute Gasteiger partial charge is 0.306 e. The van der Waals surface area contributed by atoms with Crippen LogP contribution in [-0.2, 0) is 18.3 Å². The minimum atomic E-state index is 0.150. The standard InChI is InChI=1S/C25H32N6O/c1-29-9-7-23(8-10-29)31-11-5-18(6-12-31)25(32)15-22-14-20-13-19(3-4-24(20)28-27-22)21-16-26-30(2)17-21/h3-4,13-14,16-18,23H,5-12,15H2,1-2H3. The van der Waals surface area contributed by atoms with Crippen molar-refractivity contribution in [2.45, 2.75) is 38.1 Å². The molecule has 0 N–H and O–H groups in total. The Bertz CT molecular complexity index is 1090. The molecule has 0 amide bonds. The molecule has 2 saturated heterocycles. The minimum absolute atomic E-state index is 0.150. The van der Waals surface area contributed by atoms with Crippen LogP contribution in [0.3, 0.4) is 0 Å². The smallest absolute Gasteiger partial charge is 0.142 e. The third-order valence-electron chi connectivity index (χ3n) is 7.22. The normalized spacial score (nSPS) is 19.6. The van der Waals surface area contributed by atoms with Crippen molar-refractivity contribution < 1.29 is 4.79 Å². The van der Waals surface area contributed by atoms with E-state index in [2.05, 4.69) is 38.2 Å². The summed E-state index contributed by atoms with van der Waals surface area (Å²) in [4.78, 5) is 18.0. The van der Waals surface area contributed by atoms with Gasteiger partial charge in [-0.2, -0.15) is 15.3 Å². The predicted molar refractivity (Wildman–Crippen MR) is 125 cm³/mol. The molecule has 0 radical (unpaired) electrons. The number of fused-ring (bicyclic) bond motifs is 1. The summed E-state index contributed by atoms with van der Waals surface area (Å²) in [5.41, 5.74) is 3.78. The number of hydrogen-bond donors (Lipinski definition) is 0. The van der Waals surface area contributed by atoms with Gasteiger partial charge in [0.2, 0.25) is 0 Å². The number of hydrogen-bond acceptors (Lipinski definition) is 6. The van der Waals surface area contributed by atoms with Gasteiger partial charge in [0.1, 0.15) is 5.78 Å². The van der Waals surface area contributed by atoms with Crippen molar-refractivity contribution in [3.05, 3.63) is 42.4 Å². The Balaban J connectivity index is 1.22. The molecule has 0 bridgehead atoms. The summed E-state index contributed by atoms with van der Waals surface area (Å²) >= 11 is 0. The van der Waals surface area contributed by atoms with Crippen LogP contribution >= 0.6 is 0 Å². The number of Topliss-reactive ketones (excluding diaryl/α,β-unsaturated/α-hetero) is 1. The van der Waals surface area contributed by atoms with Gasteiger partial charge >= 0.3 is 0 Å². The maximum absolute atomic E-state index is 13.0. The van der Waals surface area contributed by atoms with E-state index in [-0.39, 0.29) is 5.92 Å². The van der Waals surface area contributed by atoms with E-state index in [1.54, 1.807) is 4.68 Å². The number of aryl methyl sites for hydroxylation is 1. The maximum Gasteiger partial charge on any atom is 0.142 e. The summed E-state index contributed by atoms with van der Waals surface area (Å²) in [6, 6.07) is 8.84. The van der Waals surface area contributed by atoms with Crippen LogP contribution in [0, 0.1) is 5.92 Å². The van der Waals surface area contributed by atoms with E-state index in [1.807, 2.05) is 37.6 Å². The lowest BCUT2D eigenvalue weighted by Crippen LogP contribution is -2.47. The Hall–Kier alpha value is -2.64. The fourth-order valence-electron chi connectivity index (χ4n) is 5.19. The molecule has 2 aromatic heterocycles. The summed E-state index contributed by atoms with van der Waals surface area (Å²) in [6.45, 7) is 4.46. The van der Waals surface area contributed by atoms with E-state index in [4.69, 9.17) is 0 Å². The third-order valence-corrected chi connectivity index (χ3v) is 7.22. The Morgan fingerprint density at radius 2 is 1.75 bits per heavy atom. The van der Waals surface area contributed by atoms with Crippen molar-refractivity contribution in [2.24, 2.45) is 13.0 Å². The summed E-state index contributed by atoms with van der Waals surface area (Å²) < 4.78 is 1.80. The molecule has 0 saturated carbocycles. The average Bonchev–Trinajstić information content (AvgIpc) is 3.25. The number of rotatable bonds is 5. The van der Waals surface area contributed by atoms with E-state index < -0.39 is 0 Å². The molecular formula is C25H32N6O. The van der Waals surface area contributed by atoms with Gasteiger partial charge in [0, 0.05) is 36.2 Å². The predicted octanol–water partition coefficient (Wildman–Crippen LogP) is 2.95. The molecule has 2 fully saturated rings. The highest BCUT2D eigenvalue weighted by Gasteiger charge is 2.30. The molecule has 0 spiro atoms. The van der Waals surface area contributed by atoms with Crippen LogP contribution in [0.25, 0.3) is 22.0 Å². The number of benzene rings is 1. The molecular weight excluding hydrogens is 400 g/mol.